The number of rotatable bonds is 5. The molecule has 7 heteroatoms. The molecule has 0 unspecified atom stereocenters. The molecule has 0 aromatic carbocycles. The lowest BCUT2D eigenvalue weighted by molar-refractivity contribution is -0.131. The van der Waals surface area contributed by atoms with Gasteiger partial charge in [0.2, 0.25) is 0 Å². The van der Waals surface area contributed by atoms with Gasteiger partial charge in [-0.05, 0) is 13.3 Å². The maximum absolute atomic E-state index is 9.98. The lowest BCUT2D eigenvalue weighted by Crippen LogP contribution is -1.90. The average Bonchev–Trinajstić information content (AvgIpc) is 2.03. The normalized spacial score (nSPS) is 10.9. The number of phosphoric acid groups is 1. The SMILES string of the molecule is CC=CC(=O)O.CCCCOP(=O)(O)O. The number of unbranched alkanes of at least 4 members (excludes halogenated alkanes) is 1. The van der Waals surface area contributed by atoms with Gasteiger partial charge >= 0.3 is 13.8 Å². The molecule has 0 bridgehead atoms. The van der Waals surface area contributed by atoms with Gasteiger partial charge in [0.1, 0.15) is 0 Å². The van der Waals surface area contributed by atoms with E-state index in [1.165, 1.54) is 6.08 Å². The standard InChI is InChI=1S/C4H11O4P.C4H6O2/c1-2-3-4-8-9(5,6)7;1-2-3-4(5)6/h2-4H2,1H3,(H2,5,6,7);2-3H,1H3,(H,5,6). The molecule has 0 radical (unpaired) electrons. The van der Waals surface area contributed by atoms with Crippen molar-refractivity contribution in [2.24, 2.45) is 0 Å². The van der Waals surface area contributed by atoms with Gasteiger partial charge in [-0.3, -0.25) is 4.52 Å². The fraction of sp³-hybridized carbons (Fsp3) is 0.625. The molecule has 6 nitrogen and oxygen atoms in total. The van der Waals surface area contributed by atoms with Gasteiger partial charge in [0.05, 0.1) is 6.61 Å². The van der Waals surface area contributed by atoms with Gasteiger partial charge in [0, 0.05) is 6.08 Å². The minimum Gasteiger partial charge on any atom is -0.478 e. The largest absolute Gasteiger partial charge is 0.478 e. The molecule has 0 amide bonds. The Morgan fingerprint density at radius 3 is 2.20 bits per heavy atom. The van der Waals surface area contributed by atoms with Crippen LogP contribution in [0.1, 0.15) is 26.7 Å². The summed E-state index contributed by atoms with van der Waals surface area (Å²) in [4.78, 5) is 25.8. The van der Waals surface area contributed by atoms with Crippen LogP contribution < -0.4 is 0 Å². The van der Waals surface area contributed by atoms with Crippen LogP contribution >= 0.6 is 7.82 Å². The Morgan fingerprint density at radius 2 is 2.00 bits per heavy atom. The van der Waals surface area contributed by atoms with Crippen LogP contribution in [0.25, 0.3) is 0 Å². The minimum atomic E-state index is -4.20. The van der Waals surface area contributed by atoms with Gasteiger partial charge in [-0.15, -0.1) is 0 Å². The molecular weight excluding hydrogens is 223 g/mol. The van der Waals surface area contributed by atoms with E-state index in [1.807, 2.05) is 6.92 Å². The Labute approximate surface area is 88.8 Å². The van der Waals surface area contributed by atoms with E-state index in [2.05, 4.69) is 4.52 Å². The Balaban J connectivity index is 0. The zero-order valence-electron chi connectivity index (χ0n) is 8.79. The average molecular weight is 240 g/mol. The molecule has 0 rings (SSSR count). The second kappa shape index (κ2) is 9.86. The first-order valence-electron chi connectivity index (χ1n) is 4.39. The zero-order valence-corrected chi connectivity index (χ0v) is 9.68. The Bertz CT molecular complexity index is 231. The summed E-state index contributed by atoms with van der Waals surface area (Å²) in [6.45, 7) is 3.72. The molecule has 0 spiro atoms. The molecule has 0 atom stereocenters. The summed E-state index contributed by atoms with van der Waals surface area (Å²) in [6, 6.07) is 0. The molecule has 0 saturated heterocycles. The van der Waals surface area contributed by atoms with Gasteiger partial charge in [-0.2, -0.15) is 0 Å². The maximum Gasteiger partial charge on any atom is 0.469 e. The number of hydrogen-bond acceptors (Lipinski definition) is 3. The first kappa shape index (κ1) is 16.7. The number of carbonyl (C=O) groups is 1. The molecule has 0 aliphatic carbocycles. The van der Waals surface area contributed by atoms with Crippen LogP contribution in [0.3, 0.4) is 0 Å². The highest BCUT2D eigenvalue weighted by Crippen LogP contribution is 2.35. The molecular formula is C8H17O6P. The van der Waals surface area contributed by atoms with E-state index < -0.39 is 13.8 Å². The van der Waals surface area contributed by atoms with Crippen molar-refractivity contribution in [1.29, 1.82) is 0 Å². The lowest BCUT2D eigenvalue weighted by Gasteiger charge is -2.02. The Kier molecular flexibility index (Phi) is 11.0. The first-order chi connectivity index (χ1) is 6.83. The molecule has 15 heavy (non-hydrogen) atoms. The smallest absolute Gasteiger partial charge is 0.469 e. The van der Waals surface area contributed by atoms with Crippen LogP contribution in [0.5, 0.6) is 0 Å². The number of allylic oxidation sites excluding steroid dienone is 1. The molecule has 0 aliphatic heterocycles. The van der Waals surface area contributed by atoms with E-state index in [0.717, 1.165) is 12.5 Å². The van der Waals surface area contributed by atoms with Crippen LogP contribution in [0, 0.1) is 0 Å². The van der Waals surface area contributed by atoms with E-state index in [4.69, 9.17) is 14.9 Å². The summed E-state index contributed by atoms with van der Waals surface area (Å²) in [5.41, 5.74) is 0. The van der Waals surface area contributed by atoms with E-state index in [-0.39, 0.29) is 6.61 Å². The highest BCUT2D eigenvalue weighted by molar-refractivity contribution is 7.46. The summed E-state index contributed by atoms with van der Waals surface area (Å²) >= 11 is 0. The van der Waals surface area contributed by atoms with Crippen molar-refractivity contribution in [2.45, 2.75) is 26.7 Å². The summed E-state index contributed by atoms with van der Waals surface area (Å²) in [5, 5.41) is 7.83. The number of hydrogen-bond donors (Lipinski definition) is 3. The third-order valence-corrected chi connectivity index (χ3v) is 1.59. The number of carboxylic acid groups (broad SMARTS) is 1. The summed E-state index contributed by atoms with van der Waals surface area (Å²) < 4.78 is 14.1. The van der Waals surface area contributed by atoms with Crippen LogP contribution in [0.4, 0.5) is 0 Å². The van der Waals surface area contributed by atoms with Crippen molar-refractivity contribution in [3.8, 4) is 0 Å². The van der Waals surface area contributed by atoms with E-state index in [9.17, 15) is 9.36 Å². The van der Waals surface area contributed by atoms with Crippen LogP contribution in [0.15, 0.2) is 12.2 Å². The third kappa shape index (κ3) is 24.7. The number of phosphoric ester groups is 1. The third-order valence-electron chi connectivity index (χ3n) is 1.07. The first-order valence-corrected chi connectivity index (χ1v) is 5.92. The van der Waals surface area contributed by atoms with Crippen LogP contribution in [0.2, 0.25) is 0 Å². The summed E-state index contributed by atoms with van der Waals surface area (Å²) in [7, 11) is -4.20. The van der Waals surface area contributed by atoms with E-state index >= 15 is 0 Å². The molecule has 0 fully saturated rings. The van der Waals surface area contributed by atoms with E-state index in [0.29, 0.717) is 6.42 Å². The van der Waals surface area contributed by atoms with Gasteiger partial charge < -0.3 is 14.9 Å². The molecule has 0 aliphatic rings. The molecule has 0 heterocycles. The van der Waals surface area contributed by atoms with Crippen LogP contribution in [-0.2, 0) is 13.9 Å². The molecule has 90 valence electrons. The quantitative estimate of drug-likeness (QED) is 0.382. The summed E-state index contributed by atoms with van der Waals surface area (Å²) in [5.74, 6) is -0.891. The number of carboxylic acids is 1. The monoisotopic (exact) mass is 240 g/mol. The highest BCUT2D eigenvalue weighted by Gasteiger charge is 2.11. The predicted molar refractivity (Wildman–Crippen MR) is 55.4 cm³/mol. The highest BCUT2D eigenvalue weighted by atomic mass is 31.2. The van der Waals surface area contributed by atoms with Crippen molar-refractivity contribution >= 4 is 13.8 Å². The van der Waals surface area contributed by atoms with Crippen molar-refractivity contribution in [3.05, 3.63) is 12.2 Å². The molecule has 0 saturated carbocycles. The van der Waals surface area contributed by atoms with Crippen LogP contribution in [-0.4, -0.2) is 27.5 Å². The fourth-order valence-electron chi connectivity index (χ4n) is 0.470. The Hall–Kier alpha value is -0.680. The van der Waals surface area contributed by atoms with Crippen molar-refractivity contribution < 1.29 is 28.8 Å². The molecule has 0 aromatic heterocycles. The van der Waals surface area contributed by atoms with Crippen molar-refractivity contribution in [2.75, 3.05) is 6.61 Å². The molecule has 3 N–H and O–H groups in total. The minimum absolute atomic E-state index is 0.140. The second-order valence-corrected chi connectivity index (χ2v) is 3.75. The van der Waals surface area contributed by atoms with E-state index in [1.54, 1.807) is 6.92 Å². The molecule has 0 aromatic rings. The van der Waals surface area contributed by atoms with Gasteiger partial charge in [-0.25, -0.2) is 9.36 Å². The summed E-state index contributed by atoms with van der Waals surface area (Å²) in [6.07, 6.45) is 4.12. The van der Waals surface area contributed by atoms with Gasteiger partial charge in [0.25, 0.3) is 0 Å². The number of aliphatic carboxylic acids is 1. The van der Waals surface area contributed by atoms with Gasteiger partial charge in [-0.1, -0.05) is 19.4 Å². The fourth-order valence-corrected chi connectivity index (χ4v) is 0.837. The Morgan fingerprint density at radius 1 is 1.47 bits per heavy atom. The second-order valence-electron chi connectivity index (χ2n) is 2.52. The van der Waals surface area contributed by atoms with Crippen molar-refractivity contribution in [3.63, 3.8) is 0 Å². The van der Waals surface area contributed by atoms with Gasteiger partial charge in [0.15, 0.2) is 0 Å². The zero-order chi connectivity index (χ0) is 12.3. The topological polar surface area (TPSA) is 104 Å². The maximum atomic E-state index is 9.98. The van der Waals surface area contributed by atoms with Crippen molar-refractivity contribution in [1.82, 2.24) is 0 Å². The lowest BCUT2D eigenvalue weighted by atomic mass is 10.4. The predicted octanol–water partition coefficient (Wildman–Crippen LogP) is 1.54.